The topological polar surface area (TPSA) is 73.2 Å². The molecule has 0 spiro atoms. The first-order valence-electron chi connectivity index (χ1n) is 10.1. The molecule has 6 nitrogen and oxygen atoms in total. The number of hydrogen-bond donors (Lipinski definition) is 2. The van der Waals surface area contributed by atoms with Gasteiger partial charge in [-0.05, 0) is 42.3 Å². The van der Waals surface area contributed by atoms with E-state index in [1.54, 1.807) is 12.1 Å². The van der Waals surface area contributed by atoms with Crippen molar-refractivity contribution in [2.45, 2.75) is 13.5 Å². The van der Waals surface area contributed by atoms with Gasteiger partial charge in [0.2, 0.25) is 5.78 Å². The van der Waals surface area contributed by atoms with Crippen molar-refractivity contribution in [3.63, 3.8) is 0 Å². The predicted molar refractivity (Wildman–Crippen MR) is 119 cm³/mol. The van der Waals surface area contributed by atoms with E-state index in [0.29, 0.717) is 35.5 Å². The van der Waals surface area contributed by atoms with Crippen LogP contribution in [-0.2, 0) is 6.54 Å². The Balaban J connectivity index is 1.60. The second-order valence-electron chi connectivity index (χ2n) is 7.73. The number of Topliss-reactive ketones (excluding diaryl/α,β-unsaturated/α-hetero) is 1. The van der Waals surface area contributed by atoms with Gasteiger partial charge in [0, 0.05) is 43.7 Å². The summed E-state index contributed by atoms with van der Waals surface area (Å²) < 4.78 is 6.95. The van der Waals surface area contributed by atoms with Crippen LogP contribution in [0, 0.1) is 6.92 Å². The highest BCUT2D eigenvalue weighted by molar-refractivity contribution is 9.10. The normalized spacial score (nSPS) is 18.6. The molecule has 2 aromatic carbocycles. The van der Waals surface area contributed by atoms with Crippen molar-refractivity contribution in [2.24, 2.45) is 0 Å². The van der Waals surface area contributed by atoms with Gasteiger partial charge in [-0.15, -0.1) is 0 Å². The van der Waals surface area contributed by atoms with Crippen LogP contribution < -0.4 is 4.74 Å². The molecule has 0 aliphatic carbocycles. The number of carbonyl (C=O) groups excluding carboxylic acids is 1. The first kappa shape index (κ1) is 21.1. The predicted octanol–water partition coefficient (Wildman–Crippen LogP) is 3.19. The minimum Gasteiger partial charge on any atom is -0.507 e. The molecule has 0 bridgehead atoms. The second kappa shape index (κ2) is 8.89. The van der Waals surface area contributed by atoms with Crippen molar-refractivity contribution in [3.05, 3.63) is 62.8 Å². The van der Waals surface area contributed by atoms with Crippen molar-refractivity contribution in [1.82, 2.24) is 9.80 Å². The summed E-state index contributed by atoms with van der Waals surface area (Å²) in [6.45, 7) is 6.56. The number of fused-ring (bicyclic) bond motifs is 1. The lowest BCUT2D eigenvalue weighted by molar-refractivity contribution is 0.101. The Labute approximate surface area is 184 Å². The zero-order valence-electron chi connectivity index (χ0n) is 16.9. The number of aryl methyl sites for hydroxylation is 1. The molecule has 0 radical (unpaired) electrons. The van der Waals surface area contributed by atoms with Crippen LogP contribution in [0.1, 0.15) is 27.0 Å². The molecule has 0 atom stereocenters. The summed E-state index contributed by atoms with van der Waals surface area (Å²) in [5.74, 6) is 0.736. The van der Waals surface area contributed by atoms with E-state index in [9.17, 15) is 9.90 Å². The largest absolute Gasteiger partial charge is 0.507 e. The number of carbonyl (C=O) groups is 1. The van der Waals surface area contributed by atoms with Gasteiger partial charge in [-0.25, -0.2) is 0 Å². The van der Waals surface area contributed by atoms with Crippen molar-refractivity contribution in [1.29, 1.82) is 0 Å². The molecule has 0 amide bonds. The first-order chi connectivity index (χ1) is 14.5. The maximum absolute atomic E-state index is 13.0. The number of rotatable bonds is 5. The van der Waals surface area contributed by atoms with Crippen LogP contribution in [0.15, 0.2) is 40.6 Å². The molecule has 2 aliphatic rings. The van der Waals surface area contributed by atoms with Crippen molar-refractivity contribution in [2.75, 3.05) is 39.3 Å². The number of nitrogens with zero attached hydrogens (tertiary/aromatic N) is 2. The van der Waals surface area contributed by atoms with Gasteiger partial charge in [-0.1, -0.05) is 28.1 Å². The fraction of sp³-hybridized carbons (Fsp3) is 0.348. The van der Waals surface area contributed by atoms with E-state index in [-0.39, 0.29) is 23.9 Å². The summed E-state index contributed by atoms with van der Waals surface area (Å²) in [7, 11) is 0. The van der Waals surface area contributed by atoms with Gasteiger partial charge in [0.25, 0.3) is 0 Å². The van der Waals surface area contributed by atoms with Crippen LogP contribution in [0.2, 0.25) is 0 Å². The Morgan fingerprint density at radius 3 is 2.60 bits per heavy atom. The summed E-state index contributed by atoms with van der Waals surface area (Å²) >= 11 is 3.45. The average molecular weight is 473 g/mol. The number of phenolic OH excluding ortho intramolecular Hbond substituents is 1. The molecule has 2 aromatic rings. The molecule has 2 N–H and O–H groups in total. The number of ether oxygens (including phenoxy) is 1. The van der Waals surface area contributed by atoms with Gasteiger partial charge >= 0.3 is 0 Å². The number of ketones is 1. The van der Waals surface area contributed by atoms with Gasteiger partial charge < -0.3 is 14.9 Å². The number of aliphatic hydroxyl groups is 1. The second-order valence-corrected chi connectivity index (χ2v) is 8.65. The number of phenols is 1. The fourth-order valence-electron chi connectivity index (χ4n) is 4.02. The van der Waals surface area contributed by atoms with Crippen LogP contribution in [0.5, 0.6) is 11.5 Å². The Bertz CT molecular complexity index is 997. The highest BCUT2D eigenvalue weighted by Crippen LogP contribution is 2.42. The Kier molecular flexibility index (Phi) is 6.24. The minimum atomic E-state index is -0.156. The van der Waals surface area contributed by atoms with Crippen LogP contribution in [-0.4, -0.2) is 65.1 Å². The highest BCUT2D eigenvalue weighted by atomic mass is 79.9. The quantitative estimate of drug-likeness (QED) is 0.651. The average Bonchev–Trinajstić information content (AvgIpc) is 3.03. The van der Waals surface area contributed by atoms with E-state index in [1.165, 1.54) is 0 Å². The molecule has 4 rings (SSSR count). The number of piperazine rings is 1. The maximum Gasteiger partial charge on any atom is 0.232 e. The molecular formula is C23H25BrN2O4. The van der Waals surface area contributed by atoms with Gasteiger partial charge in [-0.2, -0.15) is 0 Å². The number of hydrogen-bond acceptors (Lipinski definition) is 6. The summed E-state index contributed by atoms with van der Waals surface area (Å²) in [5, 5.41) is 19.7. The molecule has 0 aromatic heterocycles. The third-order valence-electron chi connectivity index (χ3n) is 5.63. The SMILES string of the molecule is Cc1cc(O)c(CN2CCN(CCO)CC2)c2c1C(=O)/C(=C/c1cccc(Br)c1)O2. The lowest BCUT2D eigenvalue weighted by atomic mass is 9.99. The van der Waals surface area contributed by atoms with E-state index < -0.39 is 0 Å². The Morgan fingerprint density at radius 2 is 1.90 bits per heavy atom. The zero-order valence-corrected chi connectivity index (χ0v) is 18.5. The number of aromatic hydroxyl groups is 1. The smallest absolute Gasteiger partial charge is 0.232 e. The molecule has 30 heavy (non-hydrogen) atoms. The first-order valence-corrected chi connectivity index (χ1v) is 10.9. The van der Waals surface area contributed by atoms with E-state index >= 15 is 0 Å². The van der Waals surface area contributed by atoms with E-state index in [0.717, 1.165) is 36.2 Å². The van der Waals surface area contributed by atoms with Gasteiger partial charge in [-0.3, -0.25) is 14.6 Å². The van der Waals surface area contributed by atoms with Crippen molar-refractivity contribution < 1.29 is 19.7 Å². The monoisotopic (exact) mass is 472 g/mol. The molecule has 158 valence electrons. The van der Waals surface area contributed by atoms with Crippen LogP contribution >= 0.6 is 15.9 Å². The van der Waals surface area contributed by atoms with Gasteiger partial charge in [0.15, 0.2) is 5.76 Å². The van der Waals surface area contributed by atoms with Gasteiger partial charge in [0.1, 0.15) is 11.5 Å². The summed E-state index contributed by atoms with van der Waals surface area (Å²) in [6, 6.07) is 9.31. The number of aliphatic hydroxyl groups excluding tert-OH is 1. The fourth-order valence-corrected chi connectivity index (χ4v) is 4.43. The molecule has 1 saturated heterocycles. The third-order valence-corrected chi connectivity index (χ3v) is 6.12. The molecule has 0 unspecified atom stereocenters. The number of β-amino-alcohol motifs (C(OH)–C–C–N with tert-alkyl or cyclic N) is 1. The standard InChI is InChI=1S/C23H25BrN2O4/c1-15-11-19(28)18(14-26-7-5-25(6-8-26)9-10-27)23-21(15)22(29)20(30-23)13-16-3-2-4-17(24)12-16/h2-4,11-13,27-28H,5-10,14H2,1H3/b20-13-. The number of allylic oxidation sites excluding steroid dienone is 1. The molecule has 1 fully saturated rings. The van der Waals surface area contributed by atoms with Crippen LogP contribution in [0.4, 0.5) is 0 Å². The lowest BCUT2D eigenvalue weighted by Crippen LogP contribution is -2.46. The molecule has 7 heteroatoms. The molecule has 0 saturated carbocycles. The summed E-state index contributed by atoms with van der Waals surface area (Å²) in [6.07, 6.45) is 1.74. The maximum atomic E-state index is 13.0. The van der Waals surface area contributed by atoms with Crippen molar-refractivity contribution >= 4 is 27.8 Å². The lowest BCUT2D eigenvalue weighted by Gasteiger charge is -2.34. The Hall–Kier alpha value is -2.19. The van der Waals surface area contributed by atoms with Crippen LogP contribution in [0.25, 0.3) is 6.08 Å². The van der Waals surface area contributed by atoms with Gasteiger partial charge in [0.05, 0.1) is 17.7 Å². The molecule has 2 aliphatic heterocycles. The molecule has 2 heterocycles. The highest BCUT2D eigenvalue weighted by Gasteiger charge is 2.34. The number of benzene rings is 2. The molecular weight excluding hydrogens is 448 g/mol. The van der Waals surface area contributed by atoms with E-state index in [4.69, 9.17) is 9.84 Å². The third kappa shape index (κ3) is 4.30. The Morgan fingerprint density at radius 1 is 1.17 bits per heavy atom. The zero-order chi connectivity index (χ0) is 21.3. The minimum absolute atomic E-state index is 0.153. The summed E-state index contributed by atoms with van der Waals surface area (Å²) in [5.41, 5.74) is 2.76. The van der Waals surface area contributed by atoms with E-state index in [2.05, 4.69) is 25.7 Å². The van der Waals surface area contributed by atoms with Crippen molar-refractivity contribution in [3.8, 4) is 11.5 Å². The van der Waals surface area contributed by atoms with Crippen LogP contribution in [0.3, 0.4) is 0 Å². The summed E-state index contributed by atoms with van der Waals surface area (Å²) in [4.78, 5) is 17.5. The number of halogens is 1. The van der Waals surface area contributed by atoms with E-state index in [1.807, 2.05) is 31.2 Å².